The van der Waals surface area contributed by atoms with E-state index in [-0.39, 0.29) is 6.09 Å². The van der Waals surface area contributed by atoms with E-state index in [9.17, 15) is 4.79 Å². The molecular formula is C16H21BrINO3. The molecule has 22 heavy (non-hydrogen) atoms. The molecule has 0 aromatic heterocycles. The molecule has 2 rings (SSSR count). The maximum atomic E-state index is 12.0. The van der Waals surface area contributed by atoms with Crippen molar-refractivity contribution in [3.63, 3.8) is 0 Å². The first-order chi connectivity index (χ1) is 10.2. The fraction of sp³-hybridized carbons (Fsp3) is 0.562. The molecule has 1 atom stereocenters. The normalized spacial score (nSPS) is 18.4. The topological polar surface area (TPSA) is 38.8 Å². The van der Waals surface area contributed by atoms with Gasteiger partial charge in [-0.3, -0.25) is 0 Å². The third kappa shape index (κ3) is 5.30. The van der Waals surface area contributed by atoms with Crippen LogP contribution in [0.3, 0.4) is 0 Å². The summed E-state index contributed by atoms with van der Waals surface area (Å²) >= 11 is 5.72. The van der Waals surface area contributed by atoms with Gasteiger partial charge in [0.05, 0.1) is 10.2 Å². The SMILES string of the molecule is CC(C)(C)OC(=O)N1CCC(COc2cc(Br)ccc2I)C1. The van der Waals surface area contributed by atoms with Gasteiger partial charge in [0, 0.05) is 23.5 Å². The number of rotatable bonds is 3. The number of nitrogens with zero attached hydrogens (tertiary/aromatic N) is 1. The molecular weight excluding hydrogens is 461 g/mol. The number of hydrogen-bond donors (Lipinski definition) is 0. The Morgan fingerprint density at radius 1 is 1.45 bits per heavy atom. The molecule has 1 aliphatic heterocycles. The Balaban J connectivity index is 1.84. The highest BCUT2D eigenvalue weighted by molar-refractivity contribution is 14.1. The summed E-state index contributed by atoms with van der Waals surface area (Å²) in [6.07, 6.45) is 0.719. The van der Waals surface area contributed by atoms with Gasteiger partial charge in [-0.2, -0.15) is 0 Å². The number of hydrogen-bond acceptors (Lipinski definition) is 3. The van der Waals surface area contributed by atoms with Crippen molar-refractivity contribution in [1.82, 2.24) is 4.90 Å². The molecule has 1 saturated heterocycles. The first kappa shape index (κ1) is 17.8. The summed E-state index contributed by atoms with van der Waals surface area (Å²) in [5.41, 5.74) is -0.446. The van der Waals surface area contributed by atoms with Crippen LogP contribution in [0.15, 0.2) is 22.7 Å². The fourth-order valence-electron chi connectivity index (χ4n) is 2.26. The number of benzene rings is 1. The summed E-state index contributed by atoms with van der Waals surface area (Å²) in [4.78, 5) is 13.8. The van der Waals surface area contributed by atoms with Crippen molar-refractivity contribution >= 4 is 44.6 Å². The number of carbonyl (C=O) groups is 1. The summed E-state index contributed by atoms with van der Waals surface area (Å²) in [6, 6.07) is 5.98. The second-order valence-corrected chi connectivity index (χ2v) is 8.54. The zero-order valence-corrected chi connectivity index (χ0v) is 16.8. The van der Waals surface area contributed by atoms with Crippen molar-refractivity contribution in [2.24, 2.45) is 5.92 Å². The highest BCUT2D eigenvalue weighted by Gasteiger charge is 2.30. The Labute approximate surface area is 153 Å². The molecule has 1 amide bonds. The van der Waals surface area contributed by atoms with Crippen LogP contribution in [-0.2, 0) is 4.74 Å². The zero-order chi connectivity index (χ0) is 16.3. The van der Waals surface area contributed by atoms with Crippen LogP contribution in [0.4, 0.5) is 4.79 Å². The number of ether oxygens (including phenoxy) is 2. The molecule has 0 radical (unpaired) electrons. The molecule has 1 aliphatic rings. The summed E-state index contributed by atoms with van der Waals surface area (Å²) in [6.45, 7) is 7.70. The summed E-state index contributed by atoms with van der Waals surface area (Å²) in [7, 11) is 0. The van der Waals surface area contributed by atoms with Crippen LogP contribution in [0.25, 0.3) is 0 Å². The maximum absolute atomic E-state index is 12.0. The van der Waals surface area contributed by atoms with Gasteiger partial charge in [-0.15, -0.1) is 0 Å². The molecule has 0 bridgehead atoms. The van der Waals surface area contributed by atoms with Crippen LogP contribution >= 0.6 is 38.5 Å². The Bertz CT molecular complexity index is 545. The lowest BCUT2D eigenvalue weighted by molar-refractivity contribution is 0.0285. The van der Waals surface area contributed by atoms with Gasteiger partial charge in [0.15, 0.2) is 0 Å². The molecule has 6 heteroatoms. The van der Waals surface area contributed by atoms with Crippen molar-refractivity contribution in [1.29, 1.82) is 0 Å². The zero-order valence-electron chi connectivity index (χ0n) is 13.1. The molecule has 4 nitrogen and oxygen atoms in total. The first-order valence-electron chi connectivity index (χ1n) is 7.30. The number of likely N-dealkylation sites (tertiary alicyclic amines) is 1. The molecule has 0 saturated carbocycles. The van der Waals surface area contributed by atoms with E-state index in [0.29, 0.717) is 19.1 Å². The Morgan fingerprint density at radius 3 is 2.86 bits per heavy atom. The van der Waals surface area contributed by atoms with Gasteiger partial charge < -0.3 is 14.4 Å². The van der Waals surface area contributed by atoms with E-state index in [0.717, 1.165) is 26.8 Å². The first-order valence-corrected chi connectivity index (χ1v) is 9.17. The van der Waals surface area contributed by atoms with Crippen molar-refractivity contribution in [3.8, 4) is 5.75 Å². The standard InChI is InChI=1S/C16H21BrINO3/c1-16(2,3)22-15(20)19-7-6-11(9-19)10-21-14-8-12(17)4-5-13(14)18/h4-5,8,11H,6-7,9-10H2,1-3H3. The molecule has 122 valence electrons. The third-order valence-corrected chi connectivity index (χ3v) is 4.69. The highest BCUT2D eigenvalue weighted by Crippen LogP contribution is 2.27. The number of amides is 1. The Hall–Kier alpha value is -0.500. The van der Waals surface area contributed by atoms with Gasteiger partial charge in [-0.1, -0.05) is 15.9 Å². The Kier molecular flexibility index (Phi) is 5.99. The van der Waals surface area contributed by atoms with Gasteiger partial charge in [-0.05, 0) is 68.0 Å². The summed E-state index contributed by atoms with van der Waals surface area (Å²) in [5.74, 6) is 1.23. The van der Waals surface area contributed by atoms with E-state index < -0.39 is 5.60 Å². The van der Waals surface area contributed by atoms with E-state index in [1.54, 1.807) is 4.90 Å². The molecule has 1 unspecified atom stereocenters. The van der Waals surface area contributed by atoms with Crippen molar-refractivity contribution in [2.75, 3.05) is 19.7 Å². The lowest BCUT2D eigenvalue weighted by Gasteiger charge is -2.24. The highest BCUT2D eigenvalue weighted by atomic mass is 127. The number of halogens is 2. The fourth-order valence-corrected chi connectivity index (χ4v) is 3.09. The van der Waals surface area contributed by atoms with Crippen LogP contribution in [0.1, 0.15) is 27.2 Å². The van der Waals surface area contributed by atoms with E-state index in [4.69, 9.17) is 9.47 Å². The summed E-state index contributed by atoms with van der Waals surface area (Å²) in [5, 5.41) is 0. The van der Waals surface area contributed by atoms with Crippen molar-refractivity contribution in [3.05, 3.63) is 26.2 Å². The van der Waals surface area contributed by atoms with Crippen molar-refractivity contribution < 1.29 is 14.3 Å². The van der Waals surface area contributed by atoms with E-state index in [2.05, 4.69) is 38.5 Å². The van der Waals surface area contributed by atoms with Crippen molar-refractivity contribution in [2.45, 2.75) is 32.8 Å². The molecule has 0 spiro atoms. The smallest absolute Gasteiger partial charge is 0.410 e. The van der Waals surface area contributed by atoms with Gasteiger partial charge in [-0.25, -0.2) is 4.79 Å². The monoisotopic (exact) mass is 481 g/mol. The van der Waals surface area contributed by atoms with Crippen LogP contribution in [0.5, 0.6) is 5.75 Å². The molecule has 1 heterocycles. The second kappa shape index (κ2) is 7.38. The molecule has 1 aromatic rings. The predicted molar refractivity (Wildman–Crippen MR) is 98.3 cm³/mol. The molecule has 1 fully saturated rings. The second-order valence-electron chi connectivity index (χ2n) is 6.47. The Morgan fingerprint density at radius 2 is 2.18 bits per heavy atom. The van der Waals surface area contributed by atoms with E-state index in [1.165, 1.54) is 0 Å². The van der Waals surface area contributed by atoms with Gasteiger partial charge in [0.25, 0.3) is 0 Å². The minimum Gasteiger partial charge on any atom is -0.492 e. The van der Waals surface area contributed by atoms with Crippen LogP contribution in [-0.4, -0.2) is 36.3 Å². The average Bonchev–Trinajstić information content (AvgIpc) is 2.87. The lowest BCUT2D eigenvalue weighted by Crippen LogP contribution is -2.35. The number of carbonyl (C=O) groups excluding carboxylic acids is 1. The lowest BCUT2D eigenvalue weighted by atomic mass is 10.1. The quantitative estimate of drug-likeness (QED) is 0.588. The van der Waals surface area contributed by atoms with Gasteiger partial charge in [0.2, 0.25) is 0 Å². The minimum atomic E-state index is -0.446. The molecule has 0 N–H and O–H groups in total. The minimum absolute atomic E-state index is 0.230. The maximum Gasteiger partial charge on any atom is 0.410 e. The van der Waals surface area contributed by atoms with Gasteiger partial charge >= 0.3 is 6.09 Å². The summed E-state index contributed by atoms with van der Waals surface area (Å²) < 4.78 is 13.4. The third-order valence-electron chi connectivity index (χ3n) is 3.31. The van der Waals surface area contributed by atoms with Crippen LogP contribution in [0.2, 0.25) is 0 Å². The van der Waals surface area contributed by atoms with E-state index in [1.807, 2.05) is 39.0 Å². The van der Waals surface area contributed by atoms with Gasteiger partial charge in [0.1, 0.15) is 11.4 Å². The van der Waals surface area contributed by atoms with E-state index >= 15 is 0 Å². The largest absolute Gasteiger partial charge is 0.492 e. The van der Waals surface area contributed by atoms with Crippen LogP contribution < -0.4 is 4.74 Å². The predicted octanol–water partition coefficient (Wildman–Crippen LogP) is 4.69. The van der Waals surface area contributed by atoms with Crippen LogP contribution in [0, 0.1) is 9.49 Å². The average molecular weight is 482 g/mol. The molecule has 1 aromatic carbocycles. The molecule has 0 aliphatic carbocycles.